The van der Waals surface area contributed by atoms with Crippen molar-refractivity contribution in [3.05, 3.63) is 82.9 Å². The number of aryl methyl sites for hydroxylation is 1. The van der Waals surface area contributed by atoms with Crippen molar-refractivity contribution in [3.8, 4) is 28.0 Å². The van der Waals surface area contributed by atoms with E-state index in [-0.39, 0.29) is 6.54 Å². The van der Waals surface area contributed by atoms with Crippen molar-refractivity contribution in [2.75, 3.05) is 19.5 Å². The van der Waals surface area contributed by atoms with E-state index in [1.165, 1.54) is 12.1 Å². The second kappa shape index (κ2) is 9.28. The Bertz CT molecular complexity index is 1660. The van der Waals surface area contributed by atoms with Gasteiger partial charge >= 0.3 is 0 Å². The van der Waals surface area contributed by atoms with E-state index in [4.69, 9.17) is 14.8 Å². The van der Waals surface area contributed by atoms with Crippen molar-refractivity contribution in [1.29, 1.82) is 0 Å². The first kappa shape index (κ1) is 24.2. The summed E-state index contributed by atoms with van der Waals surface area (Å²) in [5.74, 6) is 0.0587. The molecule has 1 saturated carbocycles. The molecule has 1 aliphatic carbocycles. The number of nitrogens with one attached hydrogen (secondary N) is 2. The number of H-pyrrole nitrogens is 1. The first-order chi connectivity index (χ1) is 18.4. The third kappa shape index (κ3) is 4.20. The van der Waals surface area contributed by atoms with Gasteiger partial charge in [0.2, 0.25) is 0 Å². The van der Waals surface area contributed by atoms with Crippen LogP contribution in [0.25, 0.3) is 33.3 Å². The molecule has 6 nitrogen and oxygen atoms in total. The second-order valence-corrected chi connectivity index (χ2v) is 9.94. The molecule has 3 heterocycles. The summed E-state index contributed by atoms with van der Waals surface area (Å²) in [6, 6.07) is 11.9. The van der Waals surface area contributed by atoms with Gasteiger partial charge in [-0.2, -0.15) is 5.10 Å². The highest BCUT2D eigenvalue weighted by atomic mass is 19.1. The Hall–Kier alpha value is -4.20. The zero-order valence-electron chi connectivity index (χ0n) is 21.8. The quantitative estimate of drug-likeness (QED) is 0.247. The molecule has 2 aromatic carbocycles. The van der Waals surface area contributed by atoms with Gasteiger partial charge < -0.3 is 15.0 Å². The van der Waals surface area contributed by atoms with Crippen LogP contribution in [0.15, 0.2) is 48.7 Å². The van der Waals surface area contributed by atoms with Gasteiger partial charge in [0.1, 0.15) is 23.0 Å². The van der Waals surface area contributed by atoms with Gasteiger partial charge in [-0.3, -0.25) is 4.68 Å². The lowest BCUT2D eigenvalue weighted by molar-refractivity contribution is 0.416. The predicted octanol–water partition coefficient (Wildman–Crippen LogP) is 6.96. The van der Waals surface area contributed by atoms with E-state index in [0.717, 1.165) is 80.7 Å². The van der Waals surface area contributed by atoms with Crippen LogP contribution in [0, 0.1) is 25.5 Å². The average Bonchev–Trinajstić information content (AvgIpc) is 3.61. The molecule has 0 unspecified atom stereocenters. The summed E-state index contributed by atoms with van der Waals surface area (Å²) in [7, 11) is 3.55. The van der Waals surface area contributed by atoms with Crippen LogP contribution in [0.5, 0.6) is 5.75 Å². The van der Waals surface area contributed by atoms with E-state index in [2.05, 4.69) is 28.5 Å². The van der Waals surface area contributed by atoms with Crippen LogP contribution in [0.2, 0.25) is 0 Å². The third-order valence-electron chi connectivity index (χ3n) is 7.34. The molecule has 0 radical (unpaired) electrons. The van der Waals surface area contributed by atoms with Crippen LogP contribution in [0.3, 0.4) is 0 Å². The van der Waals surface area contributed by atoms with Crippen LogP contribution in [-0.2, 0) is 6.54 Å². The van der Waals surface area contributed by atoms with Gasteiger partial charge in [-0.15, -0.1) is 0 Å². The molecule has 0 aliphatic heterocycles. The monoisotopic (exact) mass is 513 g/mol. The lowest BCUT2D eigenvalue weighted by Gasteiger charge is -2.13. The number of anilines is 1. The zero-order chi connectivity index (χ0) is 26.6. The standard InChI is InChI=1S/C30H29F2N5O/c1-16-28(17(2)37(36-16)15-18-9-21(31)12-22(32)10-18)25-14-34-30-24(25)13-23(29(35-30)19-5-6-19)20-7-8-27(38-4)26(11-20)33-3/h7-14,19,33H,5-6,15H2,1-4H3,(H,34,35). The highest BCUT2D eigenvalue weighted by molar-refractivity contribution is 5.98. The summed E-state index contributed by atoms with van der Waals surface area (Å²) in [6.07, 6.45) is 4.26. The summed E-state index contributed by atoms with van der Waals surface area (Å²) < 4.78 is 34.9. The van der Waals surface area contributed by atoms with Crippen molar-refractivity contribution in [1.82, 2.24) is 19.7 Å². The second-order valence-electron chi connectivity index (χ2n) is 9.94. The molecule has 0 amide bonds. The summed E-state index contributed by atoms with van der Waals surface area (Å²) in [6.45, 7) is 4.22. The molecule has 5 aromatic rings. The number of aromatic nitrogens is 4. The van der Waals surface area contributed by atoms with E-state index in [1.807, 2.05) is 33.2 Å². The first-order valence-electron chi connectivity index (χ1n) is 12.7. The minimum Gasteiger partial charge on any atom is -0.495 e. The number of pyridine rings is 1. The number of rotatable bonds is 7. The molecule has 1 fully saturated rings. The van der Waals surface area contributed by atoms with E-state index in [1.54, 1.807) is 11.8 Å². The maximum Gasteiger partial charge on any atom is 0.141 e. The Morgan fingerprint density at radius 1 is 1.05 bits per heavy atom. The Labute approximate surface area is 219 Å². The van der Waals surface area contributed by atoms with E-state index < -0.39 is 11.6 Å². The van der Waals surface area contributed by atoms with Gasteiger partial charge in [0.15, 0.2) is 0 Å². The molecule has 0 spiro atoms. The minimum atomic E-state index is -0.594. The number of methoxy groups -OCH3 is 1. The van der Waals surface area contributed by atoms with Gasteiger partial charge in [0.05, 0.1) is 30.7 Å². The number of aromatic amines is 1. The summed E-state index contributed by atoms with van der Waals surface area (Å²) in [5.41, 5.74) is 9.34. The maximum absolute atomic E-state index is 13.8. The van der Waals surface area contributed by atoms with Gasteiger partial charge in [-0.25, -0.2) is 13.8 Å². The number of halogens is 2. The van der Waals surface area contributed by atoms with Crippen molar-refractivity contribution < 1.29 is 13.5 Å². The molecule has 1 aliphatic rings. The number of hydrogen-bond donors (Lipinski definition) is 2. The average molecular weight is 514 g/mol. The Balaban J connectivity index is 1.47. The molecule has 38 heavy (non-hydrogen) atoms. The highest BCUT2D eigenvalue weighted by Gasteiger charge is 2.30. The number of hydrogen-bond acceptors (Lipinski definition) is 4. The summed E-state index contributed by atoms with van der Waals surface area (Å²) in [4.78, 5) is 8.47. The fourth-order valence-electron chi connectivity index (χ4n) is 5.35. The minimum absolute atomic E-state index is 0.275. The van der Waals surface area contributed by atoms with Gasteiger partial charge in [0, 0.05) is 53.0 Å². The lowest BCUT2D eigenvalue weighted by atomic mass is 9.97. The Kier molecular flexibility index (Phi) is 5.90. The summed E-state index contributed by atoms with van der Waals surface area (Å²) >= 11 is 0. The molecule has 2 N–H and O–H groups in total. The smallest absolute Gasteiger partial charge is 0.141 e. The van der Waals surface area contributed by atoms with E-state index in [9.17, 15) is 8.78 Å². The molecule has 0 atom stereocenters. The molecule has 194 valence electrons. The molecule has 8 heteroatoms. The largest absolute Gasteiger partial charge is 0.495 e. The number of ether oxygens (including phenoxy) is 1. The number of nitrogens with zero attached hydrogens (tertiary/aromatic N) is 3. The molecular formula is C30H29F2N5O. The SMILES string of the molecule is CNc1cc(-c2cc3c(-c4c(C)nn(Cc5cc(F)cc(F)c5)c4C)c[nH]c3nc2C2CC2)ccc1OC. The van der Waals surface area contributed by atoms with Crippen molar-refractivity contribution in [3.63, 3.8) is 0 Å². The normalized spacial score (nSPS) is 13.3. The fraction of sp³-hybridized carbons (Fsp3) is 0.267. The van der Waals surface area contributed by atoms with Crippen LogP contribution >= 0.6 is 0 Å². The Morgan fingerprint density at radius 2 is 1.82 bits per heavy atom. The maximum atomic E-state index is 13.8. The van der Waals surface area contributed by atoms with Gasteiger partial charge in [-0.05, 0) is 68.1 Å². The third-order valence-corrected chi connectivity index (χ3v) is 7.34. The highest BCUT2D eigenvalue weighted by Crippen LogP contribution is 2.46. The molecule has 0 bridgehead atoms. The van der Waals surface area contributed by atoms with Crippen molar-refractivity contribution >= 4 is 16.7 Å². The van der Waals surface area contributed by atoms with Gasteiger partial charge in [0.25, 0.3) is 0 Å². The van der Waals surface area contributed by atoms with Crippen LogP contribution in [0.1, 0.15) is 41.4 Å². The molecule has 6 rings (SSSR count). The fourth-order valence-corrected chi connectivity index (χ4v) is 5.35. The van der Waals surface area contributed by atoms with Crippen molar-refractivity contribution in [2.24, 2.45) is 0 Å². The van der Waals surface area contributed by atoms with Crippen molar-refractivity contribution in [2.45, 2.75) is 39.2 Å². The molecule has 0 saturated heterocycles. The van der Waals surface area contributed by atoms with Crippen LogP contribution in [-0.4, -0.2) is 33.9 Å². The molecule has 3 aromatic heterocycles. The topological polar surface area (TPSA) is 67.8 Å². The first-order valence-corrected chi connectivity index (χ1v) is 12.7. The summed E-state index contributed by atoms with van der Waals surface area (Å²) in [5, 5.41) is 8.95. The zero-order valence-corrected chi connectivity index (χ0v) is 21.8. The van der Waals surface area contributed by atoms with Crippen LogP contribution in [0.4, 0.5) is 14.5 Å². The number of benzene rings is 2. The Morgan fingerprint density at radius 3 is 2.50 bits per heavy atom. The van der Waals surface area contributed by atoms with E-state index in [0.29, 0.717) is 11.5 Å². The van der Waals surface area contributed by atoms with Crippen LogP contribution < -0.4 is 10.1 Å². The lowest BCUT2D eigenvalue weighted by Crippen LogP contribution is -2.05. The van der Waals surface area contributed by atoms with E-state index >= 15 is 0 Å². The molecular weight excluding hydrogens is 484 g/mol. The predicted molar refractivity (Wildman–Crippen MR) is 146 cm³/mol. The number of fused-ring (bicyclic) bond motifs is 1. The van der Waals surface area contributed by atoms with Gasteiger partial charge in [-0.1, -0.05) is 6.07 Å².